The third-order valence-electron chi connectivity index (χ3n) is 5.46. The van der Waals surface area contributed by atoms with Crippen molar-refractivity contribution in [1.82, 2.24) is 35.2 Å². The normalized spacial score (nSPS) is 19.7. The SMILES string of the molecule is Cl.c1cc(N2CCCCC2)ncc1-c1noc(-c2ncn(C3CCCNC3)n2)n1. The topological polar surface area (TPSA) is 97.8 Å². The van der Waals surface area contributed by atoms with Gasteiger partial charge >= 0.3 is 0 Å². The summed E-state index contributed by atoms with van der Waals surface area (Å²) in [5.74, 6) is 2.30. The molecule has 0 saturated carbocycles. The average molecular weight is 417 g/mol. The first kappa shape index (κ1) is 19.8. The van der Waals surface area contributed by atoms with E-state index >= 15 is 0 Å². The van der Waals surface area contributed by atoms with Gasteiger partial charge in [-0.3, -0.25) is 0 Å². The van der Waals surface area contributed by atoms with Crippen molar-refractivity contribution in [2.24, 2.45) is 0 Å². The molecule has 29 heavy (non-hydrogen) atoms. The first-order valence-electron chi connectivity index (χ1n) is 10.0. The molecule has 2 fully saturated rings. The molecule has 1 atom stereocenters. The van der Waals surface area contributed by atoms with Gasteiger partial charge in [0.25, 0.3) is 5.89 Å². The Bertz CT molecular complexity index is 912. The molecule has 1 unspecified atom stereocenters. The van der Waals surface area contributed by atoms with Crippen LogP contribution in [-0.2, 0) is 0 Å². The lowest BCUT2D eigenvalue weighted by molar-refractivity contribution is 0.345. The minimum atomic E-state index is 0. The molecule has 0 amide bonds. The minimum Gasteiger partial charge on any atom is -0.357 e. The number of hydrogen-bond acceptors (Lipinski definition) is 8. The van der Waals surface area contributed by atoms with E-state index in [-0.39, 0.29) is 12.4 Å². The van der Waals surface area contributed by atoms with E-state index in [9.17, 15) is 0 Å². The molecule has 1 N–H and O–H groups in total. The van der Waals surface area contributed by atoms with Gasteiger partial charge in [-0.2, -0.15) is 4.98 Å². The van der Waals surface area contributed by atoms with Crippen molar-refractivity contribution in [3.63, 3.8) is 0 Å². The average Bonchev–Trinajstić information content (AvgIpc) is 3.45. The van der Waals surface area contributed by atoms with Crippen molar-refractivity contribution in [2.75, 3.05) is 31.1 Å². The maximum absolute atomic E-state index is 5.40. The zero-order chi connectivity index (χ0) is 18.8. The molecule has 2 aliphatic rings. The molecule has 5 rings (SSSR count). The number of anilines is 1. The molecule has 2 aliphatic heterocycles. The maximum atomic E-state index is 5.40. The Hall–Kier alpha value is -2.52. The van der Waals surface area contributed by atoms with Gasteiger partial charge < -0.3 is 14.7 Å². The van der Waals surface area contributed by atoms with Crippen molar-refractivity contribution in [2.45, 2.75) is 38.1 Å². The predicted octanol–water partition coefficient (Wildman–Crippen LogP) is 2.73. The number of hydrogen-bond donors (Lipinski definition) is 1. The van der Waals surface area contributed by atoms with Gasteiger partial charge in [0.1, 0.15) is 12.1 Å². The first-order chi connectivity index (χ1) is 13.9. The summed E-state index contributed by atoms with van der Waals surface area (Å²) in [6, 6.07) is 4.34. The van der Waals surface area contributed by atoms with Crippen molar-refractivity contribution in [3.05, 3.63) is 24.7 Å². The van der Waals surface area contributed by atoms with Gasteiger partial charge in [-0.15, -0.1) is 17.5 Å². The second kappa shape index (κ2) is 8.87. The molecule has 0 aliphatic carbocycles. The van der Waals surface area contributed by atoms with Crippen LogP contribution in [0.5, 0.6) is 0 Å². The number of nitrogens with one attached hydrogen (secondary N) is 1. The Morgan fingerprint density at radius 3 is 2.69 bits per heavy atom. The van der Waals surface area contributed by atoms with Crippen molar-refractivity contribution in [1.29, 1.82) is 0 Å². The summed E-state index contributed by atoms with van der Waals surface area (Å²) in [4.78, 5) is 15.7. The number of pyridine rings is 1. The summed E-state index contributed by atoms with van der Waals surface area (Å²) in [6.45, 7) is 4.12. The summed E-state index contributed by atoms with van der Waals surface area (Å²) < 4.78 is 7.29. The van der Waals surface area contributed by atoms with Crippen LogP contribution in [0.4, 0.5) is 5.82 Å². The molecule has 10 heteroatoms. The Balaban J connectivity index is 0.00000205. The van der Waals surface area contributed by atoms with Crippen LogP contribution in [0.3, 0.4) is 0 Å². The smallest absolute Gasteiger partial charge is 0.297 e. The number of piperidine rings is 2. The molecule has 5 heterocycles. The molecule has 0 bridgehead atoms. The molecule has 0 radical (unpaired) electrons. The largest absolute Gasteiger partial charge is 0.357 e. The Morgan fingerprint density at radius 2 is 1.93 bits per heavy atom. The van der Waals surface area contributed by atoms with Crippen LogP contribution in [0.15, 0.2) is 29.2 Å². The second-order valence-corrected chi connectivity index (χ2v) is 7.42. The molecule has 0 spiro atoms. The molecule has 3 aromatic rings. The molecule has 2 saturated heterocycles. The zero-order valence-electron chi connectivity index (χ0n) is 16.2. The van der Waals surface area contributed by atoms with Crippen LogP contribution in [-0.4, -0.2) is 56.1 Å². The standard InChI is InChI=1S/C19H24N8O.ClH/c1-2-9-26(10-3-1)16-7-6-14(11-21-16)17-23-19(28-25-17)18-22-13-27(24-18)15-5-4-8-20-12-15;/h6-7,11,13,15,20H,1-5,8-10,12H2;1H. The lowest BCUT2D eigenvalue weighted by Gasteiger charge is -2.27. The van der Waals surface area contributed by atoms with Crippen molar-refractivity contribution >= 4 is 18.2 Å². The van der Waals surface area contributed by atoms with Crippen LogP contribution in [0.2, 0.25) is 0 Å². The Morgan fingerprint density at radius 1 is 1.03 bits per heavy atom. The summed E-state index contributed by atoms with van der Waals surface area (Å²) in [5, 5.41) is 12.0. The highest BCUT2D eigenvalue weighted by Crippen LogP contribution is 2.23. The minimum absolute atomic E-state index is 0. The fourth-order valence-corrected chi connectivity index (χ4v) is 3.87. The fraction of sp³-hybridized carbons (Fsp3) is 0.526. The van der Waals surface area contributed by atoms with Gasteiger partial charge in [0.05, 0.1) is 6.04 Å². The van der Waals surface area contributed by atoms with E-state index in [1.807, 2.05) is 16.8 Å². The number of rotatable bonds is 4. The number of nitrogens with zero attached hydrogens (tertiary/aromatic N) is 7. The molecular formula is C19H25ClN8O. The predicted molar refractivity (Wildman–Crippen MR) is 111 cm³/mol. The molecule has 3 aromatic heterocycles. The van der Waals surface area contributed by atoms with E-state index in [2.05, 4.69) is 35.4 Å². The van der Waals surface area contributed by atoms with E-state index in [0.29, 0.717) is 23.6 Å². The highest BCUT2D eigenvalue weighted by atomic mass is 35.5. The zero-order valence-corrected chi connectivity index (χ0v) is 17.0. The summed E-state index contributed by atoms with van der Waals surface area (Å²) in [7, 11) is 0. The van der Waals surface area contributed by atoms with Gasteiger partial charge in [-0.25, -0.2) is 14.6 Å². The maximum Gasteiger partial charge on any atom is 0.297 e. The van der Waals surface area contributed by atoms with Crippen LogP contribution >= 0.6 is 12.4 Å². The lowest BCUT2D eigenvalue weighted by Crippen LogP contribution is -2.31. The first-order valence-corrected chi connectivity index (χ1v) is 10.0. The van der Waals surface area contributed by atoms with Crippen molar-refractivity contribution in [3.8, 4) is 23.1 Å². The third-order valence-corrected chi connectivity index (χ3v) is 5.46. The van der Waals surface area contributed by atoms with Crippen molar-refractivity contribution < 1.29 is 4.52 Å². The highest BCUT2D eigenvalue weighted by Gasteiger charge is 2.20. The van der Waals surface area contributed by atoms with Crippen LogP contribution in [0.1, 0.15) is 38.1 Å². The molecule has 154 valence electrons. The quantitative estimate of drug-likeness (QED) is 0.693. The summed E-state index contributed by atoms with van der Waals surface area (Å²) in [6.07, 6.45) is 9.55. The molecule has 0 aromatic carbocycles. The van der Waals surface area contributed by atoms with Gasteiger partial charge in [0.15, 0.2) is 0 Å². The van der Waals surface area contributed by atoms with E-state index in [1.54, 1.807) is 12.5 Å². The van der Waals surface area contributed by atoms with E-state index in [1.165, 1.54) is 19.3 Å². The van der Waals surface area contributed by atoms with E-state index in [4.69, 9.17) is 4.52 Å². The lowest BCUT2D eigenvalue weighted by atomic mass is 10.1. The second-order valence-electron chi connectivity index (χ2n) is 7.42. The van der Waals surface area contributed by atoms with E-state index in [0.717, 1.165) is 50.4 Å². The number of halogens is 1. The van der Waals surface area contributed by atoms with E-state index < -0.39 is 0 Å². The Labute approximate surface area is 175 Å². The van der Waals surface area contributed by atoms with Crippen LogP contribution in [0, 0.1) is 0 Å². The van der Waals surface area contributed by atoms with Gasteiger partial charge in [-0.1, -0.05) is 5.16 Å². The summed E-state index contributed by atoms with van der Waals surface area (Å²) >= 11 is 0. The Kier molecular flexibility index (Phi) is 6.05. The monoisotopic (exact) mass is 416 g/mol. The van der Waals surface area contributed by atoms with Crippen LogP contribution < -0.4 is 10.2 Å². The van der Waals surface area contributed by atoms with Gasteiger partial charge in [0.2, 0.25) is 11.6 Å². The van der Waals surface area contributed by atoms with Crippen LogP contribution in [0.25, 0.3) is 23.1 Å². The van der Waals surface area contributed by atoms with Gasteiger partial charge in [-0.05, 0) is 50.8 Å². The molecule has 9 nitrogen and oxygen atoms in total. The fourth-order valence-electron chi connectivity index (χ4n) is 3.87. The third kappa shape index (κ3) is 4.25. The number of aromatic nitrogens is 6. The van der Waals surface area contributed by atoms with Gasteiger partial charge in [0, 0.05) is 31.4 Å². The highest BCUT2D eigenvalue weighted by molar-refractivity contribution is 5.85. The summed E-state index contributed by atoms with van der Waals surface area (Å²) in [5.41, 5.74) is 0.826. The molecular weight excluding hydrogens is 392 g/mol.